The highest BCUT2D eigenvalue weighted by Gasteiger charge is 2.34. The second-order valence-corrected chi connectivity index (χ2v) is 12.6. The van der Waals surface area contributed by atoms with E-state index < -0.39 is 0 Å². The SMILES string of the molecule is CC(C)c1ccc(-c2cccc3c2C=C(C(C)(C)C2=Cc4c(cccc4-c4ccc(C(C)C)cc4)C2)C3)cc1. The lowest BCUT2D eigenvalue weighted by atomic mass is 9.75. The quantitative estimate of drug-likeness (QED) is 0.243. The molecule has 4 aromatic rings. The van der Waals surface area contributed by atoms with Crippen LogP contribution in [0.15, 0.2) is 96.1 Å². The molecule has 0 nitrogen and oxygen atoms in total. The largest absolute Gasteiger partial charge is 0.0613 e. The van der Waals surface area contributed by atoms with Gasteiger partial charge in [0.05, 0.1) is 0 Å². The monoisotopic (exact) mass is 508 g/mol. The summed E-state index contributed by atoms with van der Waals surface area (Å²) in [6.07, 6.45) is 7.04. The van der Waals surface area contributed by atoms with Gasteiger partial charge in [0.1, 0.15) is 0 Å². The van der Waals surface area contributed by atoms with Crippen molar-refractivity contribution in [1.82, 2.24) is 0 Å². The van der Waals surface area contributed by atoms with Crippen molar-refractivity contribution in [3.8, 4) is 22.3 Å². The van der Waals surface area contributed by atoms with Gasteiger partial charge in [-0.2, -0.15) is 0 Å². The molecule has 0 atom stereocenters. The van der Waals surface area contributed by atoms with Crippen molar-refractivity contribution in [3.63, 3.8) is 0 Å². The van der Waals surface area contributed by atoms with Crippen molar-refractivity contribution < 1.29 is 0 Å². The molecule has 4 aromatic carbocycles. The third kappa shape index (κ3) is 4.61. The molecule has 0 radical (unpaired) electrons. The van der Waals surface area contributed by atoms with Crippen molar-refractivity contribution in [2.75, 3.05) is 0 Å². The zero-order valence-electron chi connectivity index (χ0n) is 24.3. The third-order valence-corrected chi connectivity index (χ3v) is 9.17. The number of benzene rings is 4. The van der Waals surface area contributed by atoms with Gasteiger partial charge in [0.25, 0.3) is 0 Å². The van der Waals surface area contributed by atoms with Crippen molar-refractivity contribution in [2.24, 2.45) is 5.41 Å². The molecular weight excluding hydrogens is 468 g/mol. The van der Waals surface area contributed by atoms with E-state index in [1.807, 2.05) is 0 Å². The van der Waals surface area contributed by atoms with E-state index in [4.69, 9.17) is 0 Å². The number of hydrogen-bond acceptors (Lipinski definition) is 0. The molecule has 2 aliphatic carbocycles. The Morgan fingerprint density at radius 1 is 0.513 bits per heavy atom. The van der Waals surface area contributed by atoms with Crippen molar-refractivity contribution in [3.05, 3.63) is 129 Å². The van der Waals surface area contributed by atoms with E-state index in [0.29, 0.717) is 11.8 Å². The molecule has 0 unspecified atom stereocenters. The molecule has 0 heteroatoms. The van der Waals surface area contributed by atoms with Gasteiger partial charge in [0.15, 0.2) is 0 Å². The molecule has 0 fully saturated rings. The number of allylic oxidation sites excluding steroid dienone is 2. The highest BCUT2D eigenvalue weighted by molar-refractivity contribution is 5.84. The topological polar surface area (TPSA) is 0 Å². The van der Waals surface area contributed by atoms with E-state index in [1.54, 1.807) is 0 Å². The van der Waals surface area contributed by atoms with Crippen LogP contribution >= 0.6 is 0 Å². The van der Waals surface area contributed by atoms with Crippen molar-refractivity contribution in [2.45, 2.75) is 66.2 Å². The third-order valence-electron chi connectivity index (χ3n) is 9.17. The van der Waals surface area contributed by atoms with Crippen LogP contribution in [0.5, 0.6) is 0 Å². The molecule has 0 N–H and O–H groups in total. The average Bonchev–Trinajstić information content (AvgIpc) is 3.59. The van der Waals surface area contributed by atoms with Crippen LogP contribution in [0, 0.1) is 5.41 Å². The minimum absolute atomic E-state index is 0.00438. The van der Waals surface area contributed by atoms with Gasteiger partial charge < -0.3 is 0 Å². The fourth-order valence-corrected chi connectivity index (χ4v) is 6.34. The van der Waals surface area contributed by atoms with E-state index in [-0.39, 0.29) is 5.41 Å². The van der Waals surface area contributed by atoms with Crippen molar-refractivity contribution in [1.29, 1.82) is 0 Å². The molecule has 0 saturated carbocycles. The van der Waals surface area contributed by atoms with Gasteiger partial charge in [-0.05, 0) is 80.3 Å². The normalized spacial score (nSPS) is 14.5. The molecule has 0 bridgehead atoms. The first-order valence-corrected chi connectivity index (χ1v) is 14.6. The predicted octanol–water partition coefficient (Wildman–Crippen LogP) is 10.9. The Morgan fingerprint density at radius 3 is 1.26 bits per heavy atom. The first-order valence-electron chi connectivity index (χ1n) is 14.6. The second-order valence-electron chi connectivity index (χ2n) is 12.6. The fourth-order valence-electron chi connectivity index (χ4n) is 6.34. The zero-order valence-corrected chi connectivity index (χ0v) is 24.3. The van der Waals surface area contributed by atoms with Crippen LogP contribution in [0.1, 0.15) is 86.8 Å². The lowest BCUT2D eigenvalue weighted by molar-refractivity contribution is 0.526. The predicted molar refractivity (Wildman–Crippen MR) is 169 cm³/mol. The molecule has 0 heterocycles. The maximum absolute atomic E-state index is 2.50. The van der Waals surface area contributed by atoms with E-state index in [9.17, 15) is 0 Å². The molecule has 6 rings (SSSR count). The first kappa shape index (κ1) is 25.6. The lowest BCUT2D eigenvalue weighted by Gasteiger charge is -2.28. The van der Waals surface area contributed by atoms with Gasteiger partial charge in [0.2, 0.25) is 0 Å². The van der Waals surface area contributed by atoms with Crippen LogP contribution in [0.4, 0.5) is 0 Å². The van der Waals surface area contributed by atoms with Crippen LogP contribution in [0.25, 0.3) is 34.4 Å². The summed E-state index contributed by atoms with van der Waals surface area (Å²) in [5.74, 6) is 1.10. The molecule has 2 aliphatic rings. The molecule has 0 spiro atoms. The summed E-state index contributed by atoms with van der Waals surface area (Å²) in [7, 11) is 0. The highest BCUT2D eigenvalue weighted by Crippen LogP contribution is 2.48. The van der Waals surface area contributed by atoms with E-state index in [0.717, 1.165) is 12.8 Å². The maximum Gasteiger partial charge on any atom is 0.00773 e. The highest BCUT2D eigenvalue weighted by atomic mass is 14.4. The Hall–Kier alpha value is -3.64. The van der Waals surface area contributed by atoms with Crippen molar-refractivity contribution >= 4 is 12.2 Å². The Morgan fingerprint density at radius 2 is 0.897 bits per heavy atom. The van der Waals surface area contributed by atoms with E-state index >= 15 is 0 Å². The van der Waals surface area contributed by atoms with Crippen LogP contribution in [-0.4, -0.2) is 0 Å². The Labute approximate surface area is 235 Å². The number of hydrogen-bond donors (Lipinski definition) is 0. The lowest BCUT2D eigenvalue weighted by Crippen LogP contribution is -2.18. The fraction of sp³-hybridized carbons (Fsp3) is 0.282. The first-order chi connectivity index (χ1) is 18.7. The van der Waals surface area contributed by atoms with Gasteiger partial charge in [0, 0.05) is 5.41 Å². The number of fused-ring (bicyclic) bond motifs is 2. The summed E-state index contributed by atoms with van der Waals surface area (Å²) in [4.78, 5) is 0. The molecule has 0 amide bonds. The summed E-state index contributed by atoms with van der Waals surface area (Å²) in [6.45, 7) is 13.9. The van der Waals surface area contributed by atoms with Crippen LogP contribution < -0.4 is 0 Å². The molecule has 0 saturated heterocycles. The zero-order chi connectivity index (χ0) is 27.3. The Bertz CT molecular complexity index is 1460. The minimum Gasteiger partial charge on any atom is -0.0613 e. The van der Waals surface area contributed by atoms with Gasteiger partial charge >= 0.3 is 0 Å². The van der Waals surface area contributed by atoms with Crippen LogP contribution in [0.2, 0.25) is 0 Å². The molecule has 0 aromatic heterocycles. The van der Waals surface area contributed by atoms with Crippen LogP contribution in [-0.2, 0) is 12.8 Å². The smallest absolute Gasteiger partial charge is 0.00773 e. The number of rotatable bonds is 6. The summed E-state index contributed by atoms with van der Waals surface area (Å²) >= 11 is 0. The summed E-state index contributed by atoms with van der Waals surface area (Å²) in [6, 6.07) is 32.0. The second kappa shape index (κ2) is 9.83. The van der Waals surface area contributed by atoms with Gasteiger partial charge in [-0.15, -0.1) is 0 Å². The summed E-state index contributed by atoms with van der Waals surface area (Å²) in [5.41, 5.74) is 16.9. The van der Waals surface area contributed by atoms with Gasteiger partial charge in [-0.25, -0.2) is 0 Å². The minimum atomic E-state index is -0.00438. The van der Waals surface area contributed by atoms with Gasteiger partial charge in [-0.3, -0.25) is 0 Å². The summed E-state index contributed by atoms with van der Waals surface area (Å²) < 4.78 is 0. The molecule has 39 heavy (non-hydrogen) atoms. The average molecular weight is 509 g/mol. The molecule has 196 valence electrons. The Kier molecular flexibility index (Phi) is 6.46. The van der Waals surface area contributed by atoms with Crippen LogP contribution in [0.3, 0.4) is 0 Å². The van der Waals surface area contributed by atoms with E-state index in [2.05, 4.69) is 139 Å². The summed E-state index contributed by atoms with van der Waals surface area (Å²) in [5, 5.41) is 0. The Balaban J connectivity index is 1.33. The standard InChI is InChI=1S/C39H40/c1-25(2)27-13-17-29(18-14-27)35-11-7-9-31-21-33(23-37(31)35)39(5,6)34-22-32-10-8-12-36(38(32)24-34)30-19-15-28(16-20-30)26(3)4/h7-20,23-26H,21-22H2,1-6H3. The van der Waals surface area contributed by atoms with E-state index in [1.165, 1.54) is 66.8 Å². The molecular formula is C39H40. The van der Waals surface area contributed by atoms with Gasteiger partial charge in [-0.1, -0.05) is 150 Å². The maximum atomic E-state index is 2.50. The molecule has 0 aliphatic heterocycles.